The van der Waals surface area contributed by atoms with Gasteiger partial charge in [-0.1, -0.05) is 0 Å². The van der Waals surface area contributed by atoms with Gasteiger partial charge in [0.25, 0.3) is 0 Å². The van der Waals surface area contributed by atoms with E-state index in [-0.39, 0.29) is 12.1 Å². The van der Waals surface area contributed by atoms with E-state index >= 15 is 0 Å². The van der Waals surface area contributed by atoms with Gasteiger partial charge in [0.2, 0.25) is 0 Å². The summed E-state index contributed by atoms with van der Waals surface area (Å²) in [6.45, 7) is 2.44. The standard InChI is InChI=1S/C14H16IN5O2/c1-10-6-9-20(19-10)14(22)17-8-7-16-13(21)18-12-4-2-11(15)3-5-12/h2-6,9H,7-8H2,1H3,(H,17,22)(H2,16,18,21). The maximum atomic E-state index is 11.7. The largest absolute Gasteiger partial charge is 0.342 e. The normalized spacial score (nSPS) is 10.1. The fourth-order valence-electron chi connectivity index (χ4n) is 1.66. The molecule has 2 aromatic rings. The van der Waals surface area contributed by atoms with Crippen molar-refractivity contribution < 1.29 is 9.59 Å². The zero-order valence-electron chi connectivity index (χ0n) is 12.0. The highest BCUT2D eigenvalue weighted by Gasteiger charge is 2.05. The summed E-state index contributed by atoms with van der Waals surface area (Å²) in [5.41, 5.74) is 1.49. The van der Waals surface area contributed by atoms with Crippen LogP contribution in [-0.2, 0) is 0 Å². The number of nitrogens with one attached hydrogen (secondary N) is 3. The van der Waals surface area contributed by atoms with Crippen molar-refractivity contribution in [2.24, 2.45) is 0 Å². The Morgan fingerprint density at radius 2 is 1.82 bits per heavy atom. The molecule has 3 N–H and O–H groups in total. The van der Waals surface area contributed by atoms with Gasteiger partial charge in [-0.05, 0) is 59.8 Å². The van der Waals surface area contributed by atoms with E-state index in [1.54, 1.807) is 19.2 Å². The molecule has 0 bridgehead atoms. The number of urea groups is 1. The fraction of sp³-hybridized carbons (Fsp3) is 0.214. The first-order valence-electron chi connectivity index (χ1n) is 6.65. The fourth-order valence-corrected chi connectivity index (χ4v) is 2.02. The Morgan fingerprint density at radius 1 is 1.14 bits per heavy atom. The first-order chi connectivity index (χ1) is 10.5. The molecule has 0 saturated carbocycles. The van der Waals surface area contributed by atoms with Crippen LogP contribution in [0, 0.1) is 10.5 Å². The maximum absolute atomic E-state index is 11.7. The van der Waals surface area contributed by atoms with Crippen molar-refractivity contribution in [1.29, 1.82) is 0 Å². The summed E-state index contributed by atoms with van der Waals surface area (Å²) in [6, 6.07) is 8.56. The van der Waals surface area contributed by atoms with Gasteiger partial charge in [-0.2, -0.15) is 9.78 Å². The number of carbonyl (C=O) groups excluding carboxylic acids is 2. The van der Waals surface area contributed by atoms with Gasteiger partial charge in [-0.15, -0.1) is 0 Å². The zero-order valence-corrected chi connectivity index (χ0v) is 14.1. The van der Waals surface area contributed by atoms with Gasteiger partial charge in [0.05, 0.1) is 5.69 Å². The number of aryl methyl sites for hydroxylation is 1. The molecule has 0 fully saturated rings. The van der Waals surface area contributed by atoms with Gasteiger partial charge in [-0.3, -0.25) is 0 Å². The van der Waals surface area contributed by atoms with Crippen LogP contribution in [0.3, 0.4) is 0 Å². The van der Waals surface area contributed by atoms with Crippen LogP contribution >= 0.6 is 22.6 Å². The molecule has 0 saturated heterocycles. The number of nitrogens with zero attached hydrogens (tertiary/aromatic N) is 2. The predicted octanol–water partition coefficient (Wildman–Crippen LogP) is 2.18. The summed E-state index contributed by atoms with van der Waals surface area (Å²) in [6.07, 6.45) is 1.58. The summed E-state index contributed by atoms with van der Waals surface area (Å²) in [5.74, 6) is 0. The SMILES string of the molecule is Cc1ccn(C(=O)NCCNC(=O)Nc2ccc(I)cc2)n1. The van der Waals surface area contributed by atoms with Crippen LogP contribution in [0.15, 0.2) is 36.5 Å². The first-order valence-corrected chi connectivity index (χ1v) is 7.73. The topological polar surface area (TPSA) is 88.0 Å². The zero-order chi connectivity index (χ0) is 15.9. The molecule has 0 radical (unpaired) electrons. The monoisotopic (exact) mass is 413 g/mol. The lowest BCUT2D eigenvalue weighted by Gasteiger charge is -2.08. The van der Waals surface area contributed by atoms with Crippen LogP contribution in [0.1, 0.15) is 5.69 Å². The molecule has 0 unspecified atom stereocenters. The quantitative estimate of drug-likeness (QED) is 0.531. The van der Waals surface area contributed by atoms with Crippen molar-refractivity contribution >= 4 is 40.3 Å². The second-order valence-electron chi connectivity index (χ2n) is 4.52. The van der Waals surface area contributed by atoms with Crippen molar-refractivity contribution in [3.05, 3.63) is 45.8 Å². The molecule has 1 aromatic heterocycles. The van der Waals surface area contributed by atoms with E-state index in [4.69, 9.17) is 0 Å². The molecule has 1 heterocycles. The van der Waals surface area contributed by atoms with Crippen molar-refractivity contribution in [3.63, 3.8) is 0 Å². The Kier molecular flexibility index (Phi) is 5.75. The minimum Gasteiger partial charge on any atom is -0.336 e. The Balaban J connectivity index is 1.67. The molecule has 3 amide bonds. The molecular weight excluding hydrogens is 397 g/mol. The van der Waals surface area contributed by atoms with Gasteiger partial charge >= 0.3 is 12.1 Å². The van der Waals surface area contributed by atoms with Crippen molar-refractivity contribution in [2.75, 3.05) is 18.4 Å². The third-order valence-electron chi connectivity index (χ3n) is 2.72. The van der Waals surface area contributed by atoms with Crippen LogP contribution in [0.4, 0.5) is 15.3 Å². The molecule has 7 nitrogen and oxygen atoms in total. The van der Waals surface area contributed by atoms with Crippen molar-refractivity contribution in [1.82, 2.24) is 20.4 Å². The van der Waals surface area contributed by atoms with Gasteiger partial charge in [-0.25, -0.2) is 9.59 Å². The van der Waals surface area contributed by atoms with Crippen molar-refractivity contribution in [3.8, 4) is 0 Å². The van der Waals surface area contributed by atoms with E-state index in [0.29, 0.717) is 18.8 Å². The van der Waals surface area contributed by atoms with Crippen LogP contribution in [0.25, 0.3) is 0 Å². The molecule has 8 heteroatoms. The van der Waals surface area contributed by atoms with Crippen LogP contribution in [-0.4, -0.2) is 34.9 Å². The molecule has 0 aliphatic carbocycles. The Bertz CT molecular complexity index is 654. The lowest BCUT2D eigenvalue weighted by molar-refractivity contribution is 0.238. The number of benzene rings is 1. The van der Waals surface area contributed by atoms with Gasteiger partial charge in [0.15, 0.2) is 0 Å². The van der Waals surface area contributed by atoms with Crippen LogP contribution in [0.2, 0.25) is 0 Å². The minimum atomic E-state index is -0.326. The number of hydrogen-bond acceptors (Lipinski definition) is 3. The molecule has 1 aromatic carbocycles. The van der Waals surface area contributed by atoms with Gasteiger partial charge in [0, 0.05) is 28.5 Å². The lowest BCUT2D eigenvalue weighted by atomic mass is 10.3. The second-order valence-corrected chi connectivity index (χ2v) is 5.77. The van der Waals surface area contributed by atoms with E-state index in [1.807, 2.05) is 24.3 Å². The maximum Gasteiger partial charge on any atom is 0.342 e. The van der Waals surface area contributed by atoms with Crippen molar-refractivity contribution in [2.45, 2.75) is 6.92 Å². The van der Waals surface area contributed by atoms with Gasteiger partial charge in [0.1, 0.15) is 0 Å². The number of anilines is 1. The van der Waals surface area contributed by atoms with E-state index in [9.17, 15) is 9.59 Å². The third-order valence-corrected chi connectivity index (χ3v) is 3.44. The average Bonchev–Trinajstić information content (AvgIpc) is 2.92. The highest BCUT2D eigenvalue weighted by atomic mass is 127. The first kappa shape index (κ1) is 16.3. The van der Waals surface area contributed by atoms with Gasteiger partial charge < -0.3 is 16.0 Å². The lowest BCUT2D eigenvalue weighted by Crippen LogP contribution is -2.38. The number of hydrogen-bond donors (Lipinski definition) is 3. The number of aromatic nitrogens is 2. The second kappa shape index (κ2) is 7.78. The summed E-state index contributed by atoms with van der Waals surface area (Å²) >= 11 is 2.19. The summed E-state index contributed by atoms with van der Waals surface area (Å²) in [7, 11) is 0. The minimum absolute atomic E-state index is 0.314. The highest BCUT2D eigenvalue weighted by molar-refractivity contribution is 14.1. The van der Waals surface area contributed by atoms with E-state index < -0.39 is 0 Å². The molecule has 116 valence electrons. The summed E-state index contributed by atoms with van der Waals surface area (Å²) in [4.78, 5) is 23.3. The molecule has 0 atom stereocenters. The summed E-state index contributed by atoms with van der Waals surface area (Å²) in [5, 5.41) is 12.0. The summed E-state index contributed by atoms with van der Waals surface area (Å²) < 4.78 is 2.32. The van der Waals surface area contributed by atoms with Crippen LogP contribution in [0.5, 0.6) is 0 Å². The number of halogens is 1. The Labute approximate surface area is 141 Å². The van der Waals surface area contributed by atoms with E-state index in [1.165, 1.54) is 4.68 Å². The molecule has 0 spiro atoms. The highest BCUT2D eigenvalue weighted by Crippen LogP contribution is 2.10. The van der Waals surface area contributed by atoms with E-state index in [2.05, 4.69) is 43.6 Å². The Hall–Kier alpha value is -2.10. The average molecular weight is 413 g/mol. The number of carbonyl (C=O) groups is 2. The number of amides is 3. The van der Waals surface area contributed by atoms with E-state index in [0.717, 1.165) is 9.26 Å². The van der Waals surface area contributed by atoms with Crippen LogP contribution < -0.4 is 16.0 Å². The third kappa shape index (κ3) is 5.02. The predicted molar refractivity (Wildman–Crippen MR) is 91.9 cm³/mol. The number of rotatable bonds is 4. The molecule has 22 heavy (non-hydrogen) atoms. The molecule has 2 rings (SSSR count). The Morgan fingerprint density at radius 3 is 2.45 bits per heavy atom. The smallest absolute Gasteiger partial charge is 0.336 e. The molecule has 0 aliphatic heterocycles. The molecule has 0 aliphatic rings. The molecular formula is C14H16IN5O2.